The van der Waals surface area contributed by atoms with E-state index in [9.17, 15) is 9.59 Å². The number of aryl methyl sites for hydroxylation is 1. The monoisotopic (exact) mass is 365 g/mol. The Labute approximate surface area is 160 Å². The van der Waals surface area contributed by atoms with Gasteiger partial charge in [-0.05, 0) is 55.9 Å². The zero-order valence-corrected chi connectivity index (χ0v) is 15.7. The van der Waals surface area contributed by atoms with Crippen molar-refractivity contribution in [3.05, 3.63) is 65.7 Å². The summed E-state index contributed by atoms with van der Waals surface area (Å²) in [5.41, 5.74) is 3.01. The van der Waals surface area contributed by atoms with Crippen LogP contribution in [0.2, 0.25) is 0 Å². The van der Waals surface area contributed by atoms with Crippen LogP contribution in [0, 0.1) is 5.92 Å². The molecule has 5 heteroatoms. The van der Waals surface area contributed by atoms with E-state index in [0.717, 1.165) is 36.9 Å². The number of carbonyl (C=O) groups is 2. The van der Waals surface area contributed by atoms with Crippen LogP contribution in [0.1, 0.15) is 37.3 Å². The number of hydrogen-bond donors (Lipinski definition) is 3. The number of anilines is 1. The van der Waals surface area contributed by atoms with E-state index >= 15 is 0 Å². The van der Waals surface area contributed by atoms with Crippen LogP contribution in [0.25, 0.3) is 0 Å². The Morgan fingerprint density at radius 1 is 1.04 bits per heavy atom. The molecule has 1 fully saturated rings. The summed E-state index contributed by atoms with van der Waals surface area (Å²) < 4.78 is 0. The number of hydrogen-bond acceptors (Lipinski definition) is 2. The van der Waals surface area contributed by atoms with Gasteiger partial charge in [-0.3, -0.25) is 4.79 Å². The maximum Gasteiger partial charge on any atom is 0.315 e. The largest absolute Gasteiger partial charge is 0.336 e. The predicted octanol–water partition coefficient (Wildman–Crippen LogP) is 3.86. The lowest BCUT2D eigenvalue weighted by molar-refractivity contribution is -0.117. The molecule has 0 aromatic heterocycles. The van der Waals surface area contributed by atoms with Gasteiger partial charge in [0, 0.05) is 24.2 Å². The minimum absolute atomic E-state index is 0.0880. The Bertz CT molecular complexity index is 772. The second-order valence-corrected chi connectivity index (χ2v) is 7.22. The van der Waals surface area contributed by atoms with Crippen molar-refractivity contribution in [2.45, 2.75) is 45.2 Å². The Morgan fingerprint density at radius 2 is 1.78 bits per heavy atom. The summed E-state index contributed by atoms with van der Waals surface area (Å²) in [7, 11) is 0. The highest BCUT2D eigenvalue weighted by Gasteiger charge is 2.29. The molecule has 1 aliphatic rings. The standard InChI is InChI=1S/C22H27N3O2/c1-16(10-11-17-6-3-2-4-7-17)24-22(27)23-15-18-8-5-9-20(14-18)25-21(26)19-12-13-19/h2-9,14,16,19H,10-13,15H2,1H3,(H,25,26)(H2,23,24,27)/t16-/m0/s1. The molecule has 2 aromatic rings. The van der Waals surface area contributed by atoms with Crippen LogP contribution < -0.4 is 16.0 Å². The molecule has 3 N–H and O–H groups in total. The molecule has 0 unspecified atom stereocenters. The highest BCUT2D eigenvalue weighted by Crippen LogP contribution is 2.30. The zero-order valence-electron chi connectivity index (χ0n) is 15.7. The highest BCUT2D eigenvalue weighted by atomic mass is 16.2. The Balaban J connectivity index is 1.39. The molecule has 142 valence electrons. The summed E-state index contributed by atoms with van der Waals surface area (Å²) >= 11 is 0. The third-order valence-electron chi connectivity index (χ3n) is 4.68. The quantitative estimate of drug-likeness (QED) is 0.665. The molecule has 0 saturated heterocycles. The van der Waals surface area contributed by atoms with E-state index in [2.05, 4.69) is 28.1 Å². The van der Waals surface area contributed by atoms with Gasteiger partial charge in [0.1, 0.15) is 0 Å². The van der Waals surface area contributed by atoms with E-state index in [1.54, 1.807) is 0 Å². The van der Waals surface area contributed by atoms with Crippen LogP contribution in [-0.4, -0.2) is 18.0 Å². The van der Waals surface area contributed by atoms with Gasteiger partial charge in [-0.15, -0.1) is 0 Å². The second-order valence-electron chi connectivity index (χ2n) is 7.22. The average Bonchev–Trinajstić information content (AvgIpc) is 3.51. The first-order valence-electron chi connectivity index (χ1n) is 9.58. The SMILES string of the molecule is C[C@@H](CCc1ccccc1)NC(=O)NCc1cccc(NC(=O)C2CC2)c1. The summed E-state index contributed by atoms with van der Waals surface area (Å²) in [5, 5.41) is 8.78. The van der Waals surface area contributed by atoms with E-state index in [-0.39, 0.29) is 23.9 Å². The zero-order chi connectivity index (χ0) is 19.1. The molecule has 0 heterocycles. The van der Waals surface area contributed by atoms with Crippen molar-refractivity contribution in [3.8, 4) is 0 Å². The van der Waals surface area contributed by atoms with Crippen molar-refractivity contribution in [1.82, 2.24) is 10.6 Å². The van der Waals surface area contributed by atoms with Crippen molar-refractivity contribution in [2.24, 2.45) is 5.92 Å². The van der Waals surface area contributed by atoms with Crippen LogP contribution >= 0.6 is 0 Å². The van der Waals surface area contributed by atoms with Gasteiger partial charge >= 0.3 is 6.03 Å². The summed E-state index contributed by atoms with van der Waals surface area (Å²) in [5.74, 6) is 0.264. The topological polar surface area (TPSA) is 70.2 Å². The number of carbonyl (C=O) groups excluding carboxylic acids is 2. The van der Waals surface area contributed by atoms with Crippen molar-refractivity contribution >= 4 is 17.6 Å². The molecule has 0 bridgehead atoms. The summed E-state index contributed by atoms with van der Waals surface area (Å²) in [6.07, 6.45) is 3.79. The van der Waals surface area contributed by atoms with Crippen molar-refractivity contribution in [3.63, 3.8) is 0 Å². The van der Waals surface area contributed by atoms with Gasteiger partial charge in [-0.2, -0.15) is 0 Å². The molecule has 0 aliphatic heterocycles. The summed E-state index contributed by atoms with van der Waals surface area (Å²) in [6.45, 7) is 2.43. The van der Waals surface area contributed by atoms with Crippen molar-refractivity contribution in [1.29, 1.82) is 0 Å². The van der Waals surface area contributed by atoms with Crippen molar-refractivity contribution < 1.29 is 9.59 Å². The Morgan fingerprint density at radius 3 is 2.52 bits per heavy atom. The van der Waals surface area contributed by atoms with Crippen LogP contribution in [-0.2, 0) is 17.8 Å². The number of rotatable bonds is 8. The molecule has 0 radical (unpaired) electrons. The Hall–Kier alpha value is -2.82. The maximum absolute atomic E-state index is 12.1. The predicted molar refractivity (Wildman–Crippen MR) is 107 cm³/mol. The van der Waals surface area contributed by atoms with Gasteiger partial charge < -0.3 is 16.0 Å². The molecule has 27 heavy (non-hydrogen) atoms. The highest BCUT2D eigenvalue weighted by molar-refractivity contribution is 5.94. The number of amides is 3. The third-order valence-corrected chi connectivity index (χ3v) is 4.68. The van der Waals surface area contributed by atoms with Gasteiger partial charge in [0.25, 0.3) is 0 Å². The van der Waals surface area contributed by atoms with Gasteiger partial charge in [0.05, 0.1) is 0 Å². The molecule has 1 saturated carbocycles. The molecule has 1 aliphatic carbocycles. The summed E-state index contributed by atoms with van der Waals surface area (Å²) in [6, 6.07) is 17.8. The van der Waals surface area contributed by atoms with Crippen molar-refractivity contribution in [2.75, 3.05) is 5.32 Å². The Kier molecular flexibility index (Phi) is 6.47. The molecule has 2 aromatic carbocycles. The number of nitrogens with one attached hydrogen (secondary N) is 3. The first-order valence-corrected chi connectivity index (χ1v) is 9.58. The van der Waals surface area contributed by atoms with Crippen LogP contribution in [0.5, 0.6) is 0 Å². The van der Waals surface area contributed by atoms with E-state index in [1.807, 2.05) is 49.4 Å². The van der Waals surface area contributed by atoms with E-state index in [0.29, 0.717) is 6.54 Å². The fourth-order valence-corrected chi connectivity index (χ4v) is 2.91. The second kappa shape index (κ2) is 9.21. The maximum atomic E-state index is 12.1. The molecule has 0 spiro atoms. The molecule has 5 nitrogen and oxygen atoms in total. The van der Waals surface area contributed by atoms with E-state index in [1.165, 1.54) is 5.56 Å². The average molecular weight is 365 g/mol. The lowest BCUT2D eigenvalue weighted by Gasteiger charge is -2.15. The minimum atomic E-state index is -0.178. The fraction of sp³-hybridized carbons (Fsp3) is 0.364. The normalized spacial score (nSPS) is 14.3. The molecule has 1 atom stereocenters. The van der Waals surface area contributed by atoms with E-state index in [4.69, 9.17) is 0 Å². The fourth-order valence-electron chi connectivity index (χ4n) is 2.91. The molecular weight excluding hydrogens is 338 g/mol. The first-order chi connectivity index (χ1) is 13.1. The smallest absolute Gasteiger partial charge is 0.315 e. The van der Waals surface area contributed by atoms with Crippen LogP contribution in [0.15, 0.2) is 54.6 Å². The van der Waals surface area contributed by atoms with Gasteiger partial charge in [0.2, 0.25) is 5.91 Å². The van der Waals surface area contributed by atoms with Gasteiger partial charge in [-0.1, -0.05) is 42.5 Å². The van der Waals surface area contributed by atoms with Gasteiger partial charge in [-0.25, -0.2) is 4.79 Å². The molecule has 3 rings (SSSR count). The lowest BCUT2D eigenvalue weighted by Crippen LogP contribution is -2.40. The van der Waals surface area contributed by atoms with Gasteiger partial charge in [0.15, 0.2) is 0 Å². The van der Waals surface area contributed by atoms with Crippen LogP contribution in [0.4, 0.5) is 10.5 Å². The lowest BCUT2D eigenvalue weighted by atomic mass is 10.1. The summed E-state index contributed by atoms with van der Waals surface area (Å²) in [4.78, 5) is 24.0. The molecular formula is C22H27N3O2. The minimum Gasteiger partial charge on any atom is -0.336 e. The third kappa shape index (κ3) is 6.44. The van der Waals surface area contributed by atoms with E-state index < -0.39 is 0 Å². The molecule has 3 amide bonds. The van der Waals surface area contributed by atoms with Crippen LogP contribution in [0.3, 0.4) is 0 Å². The first kappa shape index (κ1) is 19.0. The number of urea groups is 1. The number of benzene rings is 2.